The zero-order valence-corrected chi connectivity index (χ0v) is 17.9. The molecule has 1 spiro atoms. The largest absolute Gasteiger partial charge is 0.377 e. The number of likely N-dealkylation sites (tertiary alicyclic amines) is 1. The molecule has 1 aromatic carbocycles. The summed E-state index contributed by atoms with van der Waals surface area (Å²) < 4.78 is 5.59. The molecular formula is C20H32IN3O. The molecule has 1 saturated carbocycles. The van der Waals surface area contributed by atoms with Gasteiger partial charge in [-0.2, -0.15) is 0 Å². The lowest BCUT2D eigenvalue weighted by Gasteiger charge is -2.26. The number of aliphatic imine (C=N–C) groups is 1. The van der Waals surface area contributed by atoms with Crippen molar-refractivity contribution in [3.8, 4) is 0 Å². The number of hydrogen-bond donors (Lipinski definition) is 1. The van der Waals surface area contributed by atoms with Gasteiger partial charge < -0.3 is 15.0 Å². The highest BCUT2D eigenvalue weighted by Crippen LogP contribution is 2.45. The van der Waals surface area contributed by atoms with E-state index in [9.17, 15) is 0 Å². The summed E-state index contributed by atoms with van der Waals surface area (Å²) in [6, 6.07) is 8.51. The standard InChI is InChI=1S/C20H31N3O.HI/c1-3-24-15-18-9-5-4-8-17(18)14-22-19(21-2)23-13-12-20(16-23)10-6-7-11-20;/h4-5,8-9H,3,6-7,10-16H2,1-2H3,(H,21,22);1H. The minimum atomic E-state index is 0. The molecule has 0 bridgehead atoms. The number of benzene rings is 1. The topological polar surface area (TPSA) is 36.9 Å². The van der Waals surface area contributed by atoms with Crippen LogP contribution in [0.5, 0.6) is 0 Å². The Morgan fingerprint density at radius 1 is 1.20 bits per heavy atom. The van der Waals surface area contributed by atoms with E-state index in [1.54, 1.807) is 0 Å². The number of nitrogens with zero attached hydrogens (tertiary/aromatic N) is 2. The SMILES string of the molecule is CCOCc1ccccc1CNC(=NC)N1CCC2(CCCC2)C1.I. The molecule has 4 nitrogen and oxygen atoms in total. The van der Waals surface area contributed by atoms with Crippen molar-refractivity contribution in [3.05, 3.63) is 35.4 Å². The summed E-state index contributed by atoms with van der Waals surface area (Å²) in [6.07, 6.45) is 6.94. The van der Waals surface area contributed by atoms with E-state index in [-0.39, 0.29) is 24.0 Å². The van der Waals surface area contributed by atoms with Crippen LogP contribution in [0.4, 0.5) is 0 Å². The van der Waals surface area contributed by atoms with Crippen LogP contribution in [0.1, 0.15) is 50.2 Å². The Bertz CT molecular complexity index is 570. The van der Waals surface area contributed by atoms with Gasteiger partial charge >= 0.3 is 0 Å². The summed E-state index contributed by atoms with van der Waals surface area (Å²) in [4.78, 5) is 6.99. The third kappa shape index (κ3) is 5.09. The van der Waals surface area contributed by atoms with Gasteiger partial charge in [0.2, 0.25) is 0 Å². The highest BCUT2D eigenvalue weighted by molar-refractivity contribution is 14.0. The summed E-state index contributed by atoms with van der Waals surface area (Å²) in [6.45, 7) is 6.58. The Balaban J connectivity index is 0.00000225. The number of guanidine groups is 1. The third-order valence-electron chi connectivity index (χ3n) is 5.63. The average Bonchev–Trinajstić information content (AvgIpc) is 3.25. The van der Waals surface area contributed by atoms with E-state index < -0.39 is 0 Å². The van der Waals surface area contributed by atoms with Crippen LogP contribution >= 0.6 is 24.0 Å². The Kier molecular flexibility index (Phi) is 8.00. The molecule has 1 aromatic rings. The Morgan fingerprint density at radius 2 is 1.92 bits per heavy atom. The van der Waals surface area contributed by atoms with E-state index >= 15 is 0 Å². The van der Waals surface area contributed by atoms with E-state index in [1.807, 2.05) is 14.0 Å². The molecule has 0 aromatic heterocycles. The second-order valence-electron chi connectivity index (χ2n) is 7.19. The molecule has 5 heteroatoms. The van der Waals surface area contributed by atoms with Gasteiger partial charge in [0.25, 0.3) is 0 Å². The molecule has 0 unspecified atom stereocenters. The maximum Gasteiger partial charge on any atom is 0.193 e. The molecule has 1 N–H and O–H groups in total. The van der Waals surface area contributed by atoms with E-state index in [2.05, 4.69) is 39.5 Å². The third-order valence-corrected chi connectivity index (χ3v) is 5.63. The molecular weight excluding hydrogens is 425 g/mol. The molecule has 2 fully saturated rings. The van der Waals surface area contributed by atoms with Crippen molar-refractivity contribution >= 4 is 29.9 Å². The van der Waals surface area contributed by atoms with E-state index in [1.165, 1.54) is 49.8 Å². The van der Waals surface area contributed by atoms with Gasteiger partial charge in [-0.25, -0.2) is 0 Å². The highest BCUT2D eigenvalue weighted by atomic mass is 127. The van der Waals surface area contributed by atoms with Gasteiger partial charge in [-0.15, -0.1) is 24.0 Å². The van der Waals surface area contributed by atoms with Crippen LogP contribution in [0.3, 0.4) is 0 Å². The predicted molar refractivity (Wildman–Crippen MR) is 114 cm³/mol. The second-order valence-corrected chi connectivity index (χ2v) is 7.19. The highest BCUT2D eigenvalue weighted by Gasteiger charge is 2.41. The summed E-state index contributed by atoms with van der Waals surface area (Å²) in [5.74, 6) is 1.05. The van der Waals surface area contributed by atoms with Gasteiger partial charge in [0.05, 0.1) is 6.61 Å². The molecule has 0 radical (unpaired) electrons. The van der Waals surface area contributed by atoms with Crippen molar-refractivity contribution in [1.29, 1.82) is 0 Å². The van der Waals surface area contributed by atoms with Crippen molar-refractivity contribution in [1.82, 2.24) is 10.2 Å². The molecule has 3 rings (SSSR count). The van der Waals surface area contributed by atoms with Crippen LogP contribution in [0.25, 0.3) is 0 Å². The molecule has 0 amide bonds. The van der Waals surface area contributed by atoms with Crippen molar-refractivity contribution < 1.29 is 4.74 Å². The molecule has 1 heterocycles. The van der Waals surface area contributed by atoms with Crippen LogP contribution in [-0.4, -0.2) is 37.6 Å². The van der Waals surface area contributed by atoms with Gasteiger partial charge in [-0.1, -0.05) is 37.1 Å². The first-order chi connectivity index (χ1) is 11.8. The first-order valence-electron chi connectivity index (χ1n) is 9.36. The predicted octanol–water partition coefficient (Wildman–Crippen LogP) is 4.18. The Hall–Kier alpha value is -0.820. The smallest absolute Gasteiger partial charge is 0.193 e. The van der Waals surface area contributed by atoms with Crippen molar-refractivity contribution in [2.75, 3.05) is 26.7 Å². The molecule has 1 saturated heterocycles. The summed E-state index contributed by atoms with van der Waals surface area (Å²) in [5.41, 5.74) is 3.13. The number of hydrogen-bond acceptors (Lipinski definition) is 2. The lowest BCUT2D eigenvalue weighted by Crippen LogP contribution is -2.40. The van der Waals surface area contributed by atoms with Gasteiger partial charge in [0.1, 0.15) is 0 Å². The van der Waals surface area contributed by atoms with Crippen molar-refractivity contribution in [3.63, 3.8) is 0 Å². The second kappa shape index (κ2) is 9.76. The molecule has 1 aliphatic carbocycles. The monoisotopic (exact) mass is 457 g/mol. The maximum atomic E-state index is 5.59. The summed E-state index contributed by atoms with van der Waals surface area (Å²) in [7, 11) is 1.90. The van der Waals surface area contributed by atoms with Crippen LogP contribution in [0.15, 0.2) is 29.3 Å². The van der Waals surface area contributed by atoms with Gasteiger partial charge in [0.15, 0.2) is 5.96 Å². The van der Waals surface area contributed by atoms with Gasteiger partial charge in [0, 0.05) is 33.3 Å². The maximum absolute atomic E-state index is 5.59. The average molecular weight is 457 g/mol. The normalized spacial score (nSPS) is 19.3. The minimum Gasteiger partial charge on any atom is -0.377 e. The van der Waals surface area contributed by atoms with E-state index in [0.717, 1.165) is 25.7 Å². The number of ether oxygens (including phenoxy) is 1. The number of halogens is 1. The van der Waals surface area contributed by atoms with Crippen LogP contribution in [0.2, 0.25) is 0 Å². The summed E-state index contributed by atoms with van der Waals surface area (Å²) >= 11 is 0. The Labute approximate surface area is 169 Å². The zero-order chi connectivity index (χ0) is 16.8. The lowest BCUT2D eigenvalue weighted by atomic mass is 9.86. The first-order valence-corrected chi connectivity index (χ1v) is 9.36. The fourth-order valence-electron chi connectivity index (χ4n) is 4.24. The molecule has 2 aliphatic rings. The zero-order valence-electron chi connectivity index (χ0n) is 15.6. The fraction of sp³-hybridized carbons (Fsp3) is 0.650. The van der Waals surface area contributed by atoms with E-state index in [4.69, 9.17) is 4.74 Å². The lowest BCUT2D eigenvalue weighted by molar-refractivity contribution is 0.133. The number of rotatable bonds is 5. The quantitative estimate of drug-likeness (QED) is 0.410. The summed E-state index contributed by atoms with van der Waals surface area (Å²) in [5, 5.41) is 3.57. The van der Waals surface area contributed by atoms with Crippen LogP contribution < -0.4 is 5.32 Å². The molecule has 1 aliphatic heterocycles. The first kappa shape index (κ1) is 20.5. The van der Waals surface area contributed by atoms with Crippen molar-refractivity contribution in [2.45, 2.75) is 52.2 Å². The fourth-order valence-corrected chi connectivity index (χ4v) is 4.24. The van der Waals surface area contributed by atoms with Gasteiger partial charge in [-0.05, 0) is 42.7 Å². The van der Waals surface area contributed by atoms with Crippen LogP contribution in [0, 0.1) is 5.41 Å². The minimum absolute atomic E-state index is 0. The molecule has 0 atom stereocenters. The van der Waals surface area contributed by atoms with Crippen molar-refractivity contribution in [2.24, 2.45) is 10.4 Å². The molecule has 25 heavy (non-hydrogen) atoms. The molecule has 140 valence electrons. The Morgan fingerprint density at radius 3 is 2.60 bits per heavy atom. The van der Waals surface area contributed by atoms with Crippen LogP contribution in [-0.2, 0) is 17.9 Å². The number of nitrogens with one attached hydrogen (secondary N) is 1. The van der Waals surface area contributed by atoms with Gasteiger partial charge in [-0.3, -0.25) is 4.99 Å². The van der Waals surface area contributed by atoms with E-state index in [0.29, 0.717) is 12.0 Å².